The SMILES string of the molecule is Cc1ccsc1CNC(=O)N1C[C@@H](C)N(CCO)[C@@H](C)C1. The molecule has 6 heteroatoms. The van der Waals surface area contributed by atoms with Crippen LogP contribution in [-0.2, 0) is 6.54 Å². The van der Waals surface area contributed by atoms with Gasteiger partial charge in [-0.3, -0.25) is 4.90 Å². The van der Waals surface area contributed by atoms with Gasteiger partial charge in [-0.05, 0) is 37.8 Å². The molecule has 0 aliphatic carbocycles. The van der Waals surface area contributed by atoms with E-state index in [1.54, 1.807) is 11.3 Å². The number of urea groups is 1. The fraction of sp³-hybridized carbons (Fsp3) is 0.667. The number of aliphatic hydroxyl groups excluding tert-OH is 1. The van der Waals surface area contributed by atoms with Crippen molar-refractivity contribution in [3.8, 4) is 0 Å². The first kappa shape index (κ1) is 16.3. The van der Waals surface area contributed by atoms with Crippen molar-refractivity contribution in [3.05, 3.63) is 21.9 Å². The third-order valence-electron chi connectivity index (χ3n) is 4.12. The molecule has 0 bridgehead atoms. The predicted octanol–water partition coefficient (Wildman–Crippen LogP) is 1.65. The predicted molar refractivity (Wildman–Crippen MR) is 85.6 cm³/mol. The molecule has 1 aromatic heterocycles. The smallest absolute Gasteiger partial charge is 0.317 e. The van der Waals surface area contributed by atoms with Crippen LogP contribution in [0.25, 0.3) is 0 Å². The molecule has 2 amide bonds. The fourth-order valence-electron chi connectivity index (χ4n) is 2.93. The number of amides is 2. The summed E-state index contributed by atoms with van der Waals surface area (Å²) in [4.78, 5) is 17.7. The van der Waals surface area contributed by atoms with E-state index in [9.17, 15) is 4.79 Å². The summed E-state index contributed by atoms with van der Waals surface area (Å²) < 4.78 is 0. The molecule has 0 saturated carbocycles. The number of hydrogen-bond donors (Lipinski definition) is 2. The zero-order valence-electron chi connectivity index (χ0n) is 13.0. The van der Waals surface area contributed by atoms with Crippen molar-refractivity contribution in [1.82, 2.24) is 15.1 Å². The molecule has 118 valence electrons. The summed E-state index contributed by atoms with van der Waals surface area (Å²) in [6.07, 6.45) is 0. The zero-order chi connectivity index (χ0) is 15.4. The van der Waals surface area contributed by atoms with Gasteiger partial charge in [0.15, 0.2) is 0 Å². The van der Waals surface area contributed by atoms with Gasteiger partial charge in [-0.15, -0.1) is 11.3 Å². The van der Waals surface area contributed by atoms with E-state index in [0.717, 1.165) is 0 Å². The first-order valence-corrected chi connectivity index (χ1v) is 8.33. The highest BCUT2D eigenvalue weighted by Gasteiger charge is 2.31. The Labute approximate surface area is 130 Å². The Morgan fingerprint density at radius 1 is 1.43 bits per heavy atom. The second-order valence-corrected chi connectivity index (χ2v) is 6.75. The topological polar surface area (TPSA) is 55.8 Å². The van der Waals surface area contributed by atoms with E-state index < -0.39 is 0 Å². The third kappa shape index (κ3) is 3.96. The normalized spacial score (nSPS) is 23.3. The summed E-state index contributed by atoms with van der Waals surface area (Å²) in [6, 6.07) is 2.62. The van der Waals surface area contributed by atoms with Crippen molar-refractivity contribution >= 4 is 17.4 Å². The number of hydrogen-bond acceptors (Lipinski definition) is 4. The first-order chi connectivity index (χ1) is 10.0. The average Bonchev–Trinajstić information content (AvgIpc) is 2.85. The lowest BCUT2D eigenvalue weighted by molar-refractivity contribution is 0.0423. The van der Waals surface area contributed by atoms with Crippen LogP contribution in [0.15, 0.2) is 11.4 Å². The molecule has 2 N–H and O–H groups in total. The largest absolute Gasteiger partial charge is 0.395 e. The van der Waals surface area contributed by atoms with Crippen LogP contribution in [0, 0.1) is 6.92 Å². The molecule has 0 radical (unpaired) electrons. The summed E-state index contributed by atoms with van der Waals surface area (Å²) in [5.74, 6) is 0. The maximum atomic E-state index is 12.3. The van der Waals surface area contributed by atoms with Gasteiger partial charge in [0.1, 0.15) is 0 Å². The van der Waals surface area contributed by atoms with Crippen molar-refractivity contribution in [2.24, 2.45) is 0 Å². The molecule has 1 aromatic rings. The second kappa shape index (κ2) is 7.24. The van der Waals surface area contributed by atoms with Gasteiger partial charge in [0.25, 0.3) is 0 Å². The molecule has 1 aliphatic rings. The first-order valence-electron chi connectivity index (χ1n) is 7.45. The minimum Gasteiger partial charge on any atom is -0.395 e. The Morgan fingerprint density at radius 3 is 2.62 bits per heavy atom. The van der Waals surface area contributed by atoms with E-state index in [1.807, 2.05) is 4.90 Å². The fourth-order valence-corrected chi connectivity index (χ4v) is 3.78. The molecule has 5 nitrogen and oxygen atoms in total. The van der Waals surface area contributed by atoms with Gasteiger partial charge in [-0.25, -0.2) is 4.79 Å². The molecule has 0 aromatic carbocycles. The number of nitrogens with zero attached hydrogens (tertiary/aromatic N) is 2. The minimum atomic E-state index is 0.00477. The average molecular weight is 311 g/mol. The zero-order valence-corrected chi connectivity index (χ0v) is 13.8. The lowest BCUT2D eigenvalue weighted by Gasteiger charge is -2.44. The van der Waals surface area contributed by atoms with Crippen molar-refractivity contribution in [2.75, 3.05) is 26.2 Å². The quantitative estimate of drug-likeness (QED) is 0.889. The highest BCUT2D eigenvalue weighted by molar-refractivity contribution is 7.10. The number of aliphatic hydroxyl groups is 1. The monoisotopic (exact) mass is 311 g/mol. The number of thiophene rings is 1. The highest BCUT2D eigenvalue weighted by atomic mass is 32.1. The van der Waals surface area contributed by atoms with E-state index in [4.69, 9.17) is 5.11 Å². The van der Waals surface area contributed by atoms with Crippen molar-refractivity contribution in [1.29, 1.82) is 0 Å². The Kier molecular flexibility index (Phi) is 5.61. The number of carbonyl (C=O) groups excluding carboxylic acids is 1. The number of rotatable bonds is 4. The Bertz CT molecular complexity index is 465. The molecular formula is C15H25N3O2S. The van der Waals surface area contributed by atoms with E-state index in [1.165, 1.54) is 10.4 Å². The third-order valence-corrected chi connectivity index (χ3v) is 5.14. The van der Waals surface area contributed by atoms with Crippen LogP contribution < -0.4 is 5.32 Å². The lowest BCUT2D eigenvalue weighted by atomic mass is 10.1. The summed E-state index contributed by atoms with van der Waals surface area (Å²) in [5.41, 5.74) is 1.23. The van der Waals surface area contributed by atoms with Crippen LogP contribution in [0.1, 0.15) is 24.3 Å². The highest BCUT2D eigenvalue weighted by Crippen LogP contribution is 2.17. The maximum Gasteiger partial charge on any atom is 0.317 e. The lowest BCUT2D eigenvalue weighted by Crippen LogP contribution is -2.60. The number of carbonyl (C=O) groups is 1. The molecule has 1 fully saturated rings. The van der Waals surface area contributed by atoms with Crippen LogP contribution in [0.2, 0.25) is 0 Å². The molecule has 1 aliphatic heterocycles. The van der Waals surface area contributed by atoms with Crippen molar-refractivity contribution < 1.29 is 9.90 Å². The maximum absolute atomic E-state index is 12.3. The van der Waals surface area contributed by atoms with Crippen LogP contribution in [0.3, 0.4) is 0 Å². The Balaban J connectivity index is 1.87. The standard InChI is InChI=1S/C15H25N3O2S/c1-11-4-7-21-14(11)8-16-15(20)17-9-12(2)18(5-6-19)13(3)10-17/h4,7,12-13,19H,5-6,8-10H2,1-3H3,(H,16,20)/t12-,13+. The Morgan fingerprint density at radius 2 is 2.10 bits per heavy atom. The van der Waals surface area contributed by atoms with E-state index in [-0.39, 0.29) is 24.7 Å². The van der Waals surface area contributed by atoms with Crippen LogP contribution in [0.5, 0.6) is 0 Å². The summed E-state index contributed by atoms with van der Waals surface area (Å²) in [6.45, 7) is 9.13. The van der Waals surface area contributed by atoms with Gasteiger partial charge >= 0.3 is 6.03 Å². The molecular weight excluding hydrogens is 286 g/mol. The molecule has 0 unspecified atom stereocenters. The number of nitrogens with one attached hydrogen (secondary N) is 1. The van der Waals surface area contributed by atoms with E-state index >= 15 is 0 Å². The van der Waals surface area contributed by atoms with Crippen LogP contribution in [-0.4, -0.2) is 59.3 Å². The minimum absolute atomic E-state index is 0.00477. The molecule has 1 saturated heterocycles. The molecule has 21 heavy (non-hydrogen) atoms. The van der Waals surface area contributed by atoms with E-state index in [0.29, 0.717) is 26.2 Å². The summed E-state index contributed by atoms with van der Waals surface area (Å²) in [5, 5.41) is 14.2. The van der Waals surface area contributed by atoms with Crippen LogP contribution >= 0.6 is 11.3 Å². The molecule has 2 rings (SSSR count). The molecule has 2 heterocycles. The van der Waals surface area contributed by atoms with E-state index in [2.05, 4.69) is 42.4 Å². The van der Waals surface area contributed by atoms with Gasteiger partial charge in [0, 0.05) is 36.6 Å². The molecule has 0 spiro atoms. The van der Waals surface area contributed by atoms with Gasteiger partial charge in [0.2, 0.25) is 0 Å². The van der Waals surface area contributed by atoms with Crippen LogP contribution in [0.4, 0.5) is 4.79 Å². The second-order valence-electron chi connectivity index (χ2n) is 5.75. The van der Waals surface area contributed by atoms with Gasteiger partial charge in [-0.2, -0.15) is 0 Å². The summed E-state index contributed by atoms with van der Waals surface area (Å²) in [7, 11) is 0. The van der Waals surface area contributed by atoms with Crippen molar-refractivity contribution in [3.63, 3.8) is 0 Å². The van der Waals surface area contributed by atoms with Gasteiger partial charge < -0.3 is 15.3 Å². The number of β-amino-alcohol motifs (C(OH)–C–C–N with tert-alkyl or cyclic N) is 1. The van der Waals surface area contributed by atoms with Crippen molar-refractivity contribution in [2.45, 2.75) is 39.4 Å². The van der Waals surface area contributed by atoms with Gasteiger partial charge in [-0.1, -0.05) is 0 Å². The van der Waals surface area contributed by atoms with Gasteiger partial charge in [0.05, 0.1) is 13.2 Å². The number of aryl methyl sites for hydroxylation is 1. The summed E-state index contributed by atoms with van der Waals surface area (Å²) >= 11 is 1.68. The Hall–Kier alpha value is -1.11. The number of piperazine rings is 1. The molecule has 2 atom stereocenters.